The van der Waals surface area contributed by atoms with Crippen molar-refractivity contribution in [2.75, 3.05) is 0 Å². The molecule has 2 unspecified atom stereocenters. The van der Waals surface area contributed by atoms with Crippen LogP contribution in [0.25, 0.3) is 11.1 Å². The van der Waals surface area contributed by atoms with E-state index in [0.29, 0.717) is 17.2 Å². The lowest BCUT2D eigenvalue weighted by atomic mass is 10.1. The van der Waals surface area contributed by atoms with Crippen LogP contribution in [0.2, 0.25) is 0 Å². The van der Waals surface area contributed by atoms with E-state index in [0.717, 1.165) is 0 Å². The Kier molecular flexibility index (Phi) is 6.14. The largest absolute Gasteiger partial charge is 0.145 e. The molecule has 0 amide bonds. The average Bonchev–Trinajstić information content (AvgIpc) is 3.11. The molecule has 4 heteroatoms. The zero-order valence-electron chi connectivity index (χ0n) is 16.6. The molecular formula is C24H24P2S2. The highest BCUT2D eigenvalue weighted by Crippen LogP contribution is 2.40. The van der Waals surface area contributed by atoms with Gasteiger partial charge < -0.3 is 0 Å². The van der Waals surface area contributed by atoms with Crippen molar-refractivity contribution in [3.8, 4) is 11.1 Å². The number of hydrogen-bond acceptors (Lipinski definition) is 2. The summed E-state index contributed by atoms with van der Waals surface area (Å²) in [5.74, 6) is 0. The third kappa shape index (κ3) is 4.03. The van der Waals surface area contributed by atoms with Crippen LogP contribution in [0.1, 0.15) is 19.5 Å². The van der Waals surface area contributed by atoms with Crippen LogP contribution in [0, 0.1) is 27.7 Å². The van der Waals surface area contributed by atoms with E-state index in [9.17, 15) is 0 Å². The maximum atomic E-state index is 2.30. The third-order valence-corrected chi connectivity index (χ3v) is 10.3. The SMILES string of the molecule is Cc1sc(C)c(-c2c(C)sc(C)c2Pc2ccccc2)c1Pc1ccccc1. The fourth-order valence-electron chi connectivity index (χ4n) is 3.60. The normalized spacial score (nSPS) is 12.0. The minimum absolute atomic E-state index is 0.709. The molecule has 2 heterocycles. The molecule has 0 N–H and O–H groups in total. The minimum atomic E-state index is 0.709. The molecule has 0 fully saturated rings. The maximum absolute atomic E-state index is 2.30. The first kappa shape index (κ1) is 20.0. The van der Waals surface area contributed by atoms with Gasteiger partial charge in [0.1, 0.15) is 0 Å². The van der Waals surface area contributed by atoms with E-state index >= 15 is 0 Å². The highest BCUT2D eigenvalue weighted by Gasteiger charge is 2.23. The van der Waals surface area contributed by atoms with Crippen LogP contribution in [-0.4, -0.2) is 0 Å². The van der Waals surface area contributed by atoms with E-state index in [1.807, 2.05) is 22.7 Å². The lowest BCUT2D eigenvalue weighted by Crippen LogP contribution is -2.12. The Labute approximate surface area is 179 Å². The number of hydrogen-bond donors (Lipinski definition) is 0. The molecule has 0 saturated heterocycles. The average molecular weight is 439 g/mol. The van der Waals surface area contributed by atoms with Crippen LogP contribution in [0.15, 0.2) is 60.7 Å². The maximum Gasteiger partial charge on any atom is 0.0103 e. The van der Waals surface area contributed by atoms with Crippen LogP contribution in [0.4, 0.5) is 0 Å². The van der Waals surface area contributed by atoms with E-state index < -0.39 is 0 Å². The Morgan fingerprint density at radius 1 is 0.500 bits per heavy atom. The van der Waals surface area contributed by atoms with E-state index in [-0.39, 0.29) is 0 Å². The highest BCUT2D eigenvalue weighted by molar-refractivity contribution is 7.57. The Balaban J connectivity index is 1.84. The number of rotatable bonds is 5. The van der Waals surface area contributed by atoms with Crippen molar-refractivity contribution in [3.05, 3.63) is 80.2 Å². The van der Waals surface area contributed by atoms with Crippen molar-refractivity contribution in [1.82, 2.24) is 0 Å². The summed E-state index contributed by atoms with van der Waals surface area (Å²) < 4.78 is 0. The molecule has 0 bridgehead atoms. The van der Waals surface area contributed by atoms with Gasteiger partial charge in [-0.05, 0) is 48.9 Å². The molecule has 0 nitrogen and oxygen atoms in total. The molecule has 142 valence electrons. The van der Waals surface area contributed by atoms with Gasteiger partial charge >= 0.3 is 0 Å². The molecule has 2 aromatic heterocycles. The Hall–Kier alpha value is -1.30. The molecule has 4 rings (SSSR count). The Morgan fingerprint density at radius 2 is 0.857 bits per heavy atom. The smallest absolute Gasteiger partial charge is 0.0103 e. The molecule has 0 aliphatic heterocycles. The molecule has 0 spiro atoms. The van der Waals surface area contributed by atoms with Gasteiger partial charge in [-0.3, -0.25) is 0 Å². The van der Waals surface area contributed by atoms with Gasteiger partial charge in [-0.2, -0.15) is 0 Å². The zero-order valence-corrected chi connectivity index (χ0v) is 20.2. The van der Waals surface area contributed by atoms with Gasteiger partial charge in [0, 0.05) is 30.6 Å². The first-order chi connectivity index (χ1) is 13.5. The van der Waals surface area contributed by atoms with Crippen molar-refractivity contribution in [2.45, 2.75) is 27.7 Å². The van der Waals surface area contributed by atoms with Crippen LogP contribution in [0.3, 0.4) is 0 Å². The predicted octanol–water partition coefficient (Wildman–Crippen LogP) is 5.97. The van der Waals surface area contributed by atoms with E-state index in [1.54, 1.807) is 0 Å². The number of thiophene rings is 2. The second-order valence-corrected chi connectivity index (χ2v) is 12.4. The summed E-state index contributed by atoms with van der Waals surface area (Å²) in [6.45, 7) is 9.18. The van der Waals surface area contributed by atoms with Gasteiger partial charge in [0.15, 0.2) is 0 Å². The number of aryl methyl sites for hydroxylation is 4. The standard InChI is InChI=1S/C24H24P2S2/c1-15-21(23(17(3)27-15)25-19-11-7-5-8-12-19)22-16(2)28-18(4)24(22)26-20-13-9-6-10-14-20/h5-14,25-26H,1-4H3. The fourth-order valence-corrected chi connectivity index (χ4v) is 8.86. The summed E-state index contributed by atoms with van der Waals surface area (Å²) >= 11 is 3.92. The molecule has 0 saturated carbocycles. The molecule has 0 aliphatic carbocycles. The summed E-state index contributed by atoms with van der Waals surface area (Å²) in [7, 11) is 1.42. The van der Waals surface area contributed by atoms with Gasteiger partial charge in [0.25, 0.3) is 0 Å². The van der Waals surface area contributed by atoms with Crippen molar-refractivity contribution < 1.29 is 0 Å². The molecule has 0 aliphatic rings. The van der Waals surface area contributed by atoms with E-state index in [2.05, 4.69) is 88.4 Å². The molecule has 2 aromatic carbocycles. The highest BCUT2D eigenvalue weighted by atomic mass is 32.1. The molecular weight excluding hydrogens is 414 g/mol. The number of benzene rings is 2. The van der Waals surface area contributed by atoms with E-state index in [1.165, 1.54) is 51.9 Å². The van der Waals surface area contributed by atoms with Gasteiger partial charge in [0.2, 0.25) is 0 Å². The quantitative estimate of drug-likeness (QED) is 0.337. The molecule has 0 radical (unpaired) electrons. The fraction of sp³-hybridized carbons (Fsp3) is 0.167. The lowest BCUT2D eigenvalue weighted by Gasteiger charge is -2.12. The van der Waals surface area contributed by atoms with Gasteiger partial charge in [-0.15, -0.1) is 22.7 Å². The topological polar surface area (TPSA) is 0 Å². The van der Waals surface area contributed by atoms with Gasteiger partial charge in [0.05, 0.1) is 0 Å². The Bertz CT molecular complexity index is 1000. The predicted molar refractivity (Wildman–Crippen MR) is 135 cm³/mol. The van der Waals surface area contributed by atoms with Crippen molar-refractivity contribution in [2.24, 2.45) is 0 Å². The van der Waals surface area contributed by atoms with Crippen molar-refractivity contribution in [1.29, 1.82) is 0 Å². The van der Waals surface area contributed by atoms with Crippen molar-refractivity contribution in [3.63, 3.8) is 0 Å². The summed E-state index contributed by atoms with van der Waals surface area (Å²) in [4.78, 5) is 5.84. The molecule has 28 heavy (non-hydrogen) atoms. The Morgan fingerprint density at radius 3 is 1.21 bits per heavy atom. The van der Waals surface area contributed by atoms with Crippen molar-refractivity contribution >= 4 is 61.1 Å². The second kappa shape index (κ2) is 8.60. The summed E-state index contributed by atoms with van der Waals surface area (Å²) in [5, 5.41) is 5.91. The summed E-state index contributed by atoms with van der Waals surface area (Å²) in [6.07, 6.45) is 0. The van der Waals surface area contributed by atoms with Crippen LogP contribution >= 0.6 is 39.8 Å². The summed E-state index contributed by atoms with van der Waals surface area (Å²) in [5.41, 5.74) is 3.01. The van der Waals surface area contributed by atoms with Crippen LogP contribution in [-0.2, 0) is 0 Å². The zero-order chi connectivity index (χ0) is 19.7. The first-order valence-electron chi connectivity index (χ1n) is 9.39. The monoisotopic (exact) mass is 438 g/mol. The molecule has 4 aromatic rings. The van der Waals surface area contributed by atoms with Gasteiger partial charge in [-0.1, -0.05) is 77.8 Å². The first-order valence-corrected chi connectivity index (χ1v) is 13.0. The van der Waals surface area contributed by atoms with E-state index in [4.69, 9.17) is 0 Å². The summed E-state index contributed by atoms with van der Waals surface area (Å²) in [6, 6.07) is 21.8. The second-order valence-electron chi connectivity index (χ2n) is 6.91. The molecule has 2 atom stereocenters. The lowest BCUT2D eigenvalue weighted by molar-refractivity contribution is 1.57. The van der Waals surface area contributed by atoms with Gasteiger partial charge in [-0.25, -0.2) is 0 Å². The van der Waals surface area contributed by atoms with Crippen LogP contribution in [0.5, 0.6) is 0 Å². The van der Waals surface area contributed by atoms with Crippen LogP contribution < -0.4 is 21.2 Å². The third-order valence-electron chi connectivity index (χ3n) is 4.86. The minimum Gasteiger partial charge on any atom is -0.145 e.